The third-order valence-corrected chi connectivity index (χ3v) is 5.59. The van der Waals surface area contributed by atoms with Gasteiger partial charge in [0.1, 0.15) is 11.4 Å². The van der Waals surface area contributed by atoms with Crippen LogP contribution >= 0.6 is 0 Å². The summed E-state index contributed by atoms with van der Waals surface area (Å²) in [5, 5.41) is 9.92. The largest absolute Gasteiger partial charge is 0.573 e. The molecule has 1 aliphatic carbocycles. The maximum atomic E-state index is 13.0. The van der Waals surface area contributed by atoms with Crippen LogP contribution in [0.4, 0.5) is 22.8 Å². The molecule has 2 aliphatic rings. The number of hydrogen-bond acceptors (Lipinski definition) is 6. The van der Waals surface area contributed by atoms with E-state index in [1.54, 1.807) is 11.0 Å². The Kier molecular flexibility index (Phi) is 6.82. The van der Waals surface area contributed by atoms with Crippen molar-refractivity contribution >= 4 is 12.1 Å². The Labute approximate surface area is 193 Å². The van der Waals surface area contributed by atoms with Crippen molar-refractivity contribution in [1.29, 1.82) is 0 Å². The van der Waals surface area contributed by atoms with E-state index in [0.717, 1.165) is 12.8 Å². The van der Waals surface area contributed by atoms with E-state index in [9.17, 15) is 22.8 Å². The van der Waals surface area contributed by atoms with Crippen molar-refractivity contribution < 1.29 is 32.0 Å². The molecule has 1 aromatic heterocycles. The highest BCUT2D eigenvalue weighted by atomic mass is 19.4. The normalized spacial score (nSPS) is 18.8. The first kappa shape index (κ1) is 23.7. The molecule has 2 fully saturated rings. The lowest BCUT2D eigenvalue weighted by atomic mass is 10.1. The van der Waals surface area contributed by atoms with E-state index in [0.29, 0.717) is 43.2 Å². The SMILES string of the molecule is NC(=O)N1CCNCC(N(C(=O)NCc2cc(-c3cccc(OC(F)(F)F)c3)no2)C2CC2)C1. The second-order valence-corrected chi connectivity index (χ2v) is 8.19. The third-order valence-electron chi connectivity index (χ3n) is 5.59. The molecule has 10 nitrogen and oxygen atoms in total. The van der Waals surface area contributed by atoms with Crippen molar-refractivity contribution in [1.82, 2.24) is 25.6 Å². The van der Waals surface area contributed by atoms with Crippen molar-refractivity contribution in [2.45, 2.75) is 37.8 Å². The highest BCUT2D eigenvalue weighted by Gasteiger charge is 2.39. The van der Waals surface area contributed by atoms with Crippen molar-refractivity contribution in [3.05, 3.63) is 36.1 Å². The molecule has 1 saturated carbocycles. The zero-order chi connectivity index (χ0) is 24.3. The molecule has 34 heavy (non-hydrogen) atoms. The number of amides is 4. The van der Waals surface area contributed by atoms with Gasteiger partial charge in [0, 0.05) is 43.9 Å². The molecule has 184 valence electrons. The molecule has 2 aromatic rings. The van der Waals surface area contributed by atoms with E-state index in [2.05, 4.69) is 20.5 Å². The van der Waals surface area contributed by atoms with Gasteiger partial charge in [-0.15, -0.1) is 13.2 Å². The Balaban J connectivity index is 1.39. The highest BCUT2D eigenvalue weighted by molar-refractivity contribution is 5.76. The minimum Gasteiger partial charge on any atom is -0.406 e. The van der Waals surface area contributed by atoms with Crippen LogP contribution in [-0.2, 0) is 6.54 Å². The number of ether oxygens (including phenoxy) is 1. The molecule has 1 unspecified atom stereocenters. The summed E-state index contributed by atoms with van der Waals surface area (Å²) < 4.78 is 46.6. The van der Waals surface area contributed by atoms with Crippen LogP contribution < -0.4 is 21.1 Å². The summed E-state index contributed by atoms with van der Waals surface area (Å²) in [6.07, 6.45) is -3.04. The average molecular weight is 482 g/mol. The van der Waals surface area contributed by atoms with Gasteiger partial charge in [0.2, 0.25) is 0 Å². The number of alkyl halides is 3. The maximum Gasteiger partial charge on any atom is 0.573 e. The Morgan fingerprint density at radius 1 is 1.29 bits per heavy atom. The molecule has 2 heterocycles. The van der Waals surface area contributed by atoms with Crippen molar-refractivity contribution in [2.24, 2.45) is 5.73 Å². The molecular weight excluding hydrogens is 457 g/mol. The van der Waals surface area contributed by atoms with Crippen LogP contribution in [0.15, 0.2) is 34.9 Å². The van der Waals surface area contributed by atoms with Gasteiger partial charge < -0.3 is 35.4 Å². The summed E-state index contributed by atoms with van der Waals surface area (Å²) in [6.45, 7) is 1.98. The van der Waals surface area contributed by atoms with Gasteiger partial charge in [0.25, 0.3) is 0 Å². The van der Waals surface area contributed by atoms with E-state index < -0.39 is 12.4 Å². The first-order valence-corrected chi connectivity index (χ1v) is 10.8. The van der Waals surface area contributed by atoms with Crippen LogP contribution in [-0.4, -0.2) is 71.6 Å². The first-order valence-electron chi connectivity index (χ1n) is 10.8. The number of nitrogens with two attached hydrogens (primary N) is 1. The number of benzene rings is 1. The number of nitrogens with one attached hydrogen (secondary N) is 2. The van der Waals surface area contributed by atoms with Crippen molar-refractivity contribution in [3.63, 3.8) is 0 Å². The standard InChI is InChI=1S/C21H25F3N6O4/c22-21(23,24)33-16-3-1-2-13(8-16)18-9-17(34-28-18)11-27-20(32)30(14-4-5-14)15-10-26-6-7-29(12-15)19(25)31/h1-3,8-9,14-15,26H,4-7,10-12H2,(H2,25,31)(H,27,32). The molecule has 13 heteroatoms. The Morgan fingerprint density at radius 3 is 2.79 bits per heavy atom. The maximum absolute atomic E-state index is 13.0. The average Bonchev–Trinajstić information content (AvgIpc) is 3.53. The van der Waals surface area contributed by atoms with Crippen LogP contribution in [0.2, 0.25) is 0 Å². The van der Waals surface area contributed by atoms with Crippen LogP contribution in [0.3, 0.4) is 0 Å². The molecule has 4 N–H and O–H groups in total. The predicted molar refractivity (Wildman–Crippen MR) is 114 cm³/mol. The fourth-order valence-electron chi connectivity index (χ4n) is 3.90. The minimum atomic E-state index is -4.80. The van der Waals surface area contributed by atoms with E-state index in [1.807, 2.05) is 0 Å². The summed E-state index contributed by atoms with van der Waals surface area (Å²) in [6, 6.07) is 5.93. The predicted octanol–water partition coefficient (Wildman–Crippen LogP) is 2.27. The van der Waals surface area contributed by atoms with Crippen LogP contribution in [0.25, 0.3) is 11.3 Å². The lowest BCUT2D eigenvalue weighted by molar-refractivity contribution is -0.274. The molecule has 1 saturated heterocycles. The molecule has 1 aromatic carbocycles. The molecular formula is C21H25F3N6O4. The van der Waals surface area contributed by atoms with Gasteiger partial charge in [-0.3, -0.25) is 0 Å². The molecule has 1 atom stereocenters. The second-order valence-electron chi connectivity index (χ2n) is 8.19. The number of nitrogens with zero attached hydrogens (tertiary/aromatic N) is 3. The van der Waals surface area contributed by atoms with Gasteiger partial charge in [-0.05, 0) is 25.0 Å². The molecule has 1 aliphatic heterocycles. The molecule has 0 spiro atoms. The summed E-state index contributed by atoms with van der Waals surface area (Å²) in [7, 11) is 0. The van der Waals surface area contributed by atoms with E-state index in [1.165, 1.54) is 29.2 Å². The summed E-state index contributed by atoms with van der Waals surface area (Å²) >= 11 is 0. The fourth-order valence-corrected chi connectivity index (χ4v) is 3.90. The molecule has 4 rings (SSSR count). The Bertz CT molecular complexity index is 1030. The van der Waals surface area contributed by atoms with Gasteiger partial charge in [-0.2, -0.15) is 0 Å². The topological polar surface area (TPSA) is 126 Å². The lowest BCUT2D eigenvalue weighted by Gasteiger charge is -2.33. The number of carbonyl (C=O) groups excluding carboxylic acids is 2. The smallest absolute Gasteiger partial charge is 0.406 e. The second kappa shape index (κ2) is 9.79. The first-order chi connectivity index (χ1) is 16.2. The monoisotopic (exact) mass is 482 g/mol. The summed E-state index contributed by atoms with van der Waals surface area (Å²) in [5.74, 6) is -0.0380. The van der Waals surface area contributed by atoms with Crippen molar-refractivity contribution in [3.8, 4) is 17.0 Å². The van der Waals surface area contributed by atoms with Crippen molar-refractivity contribution in [2.75, 3.05) is 26.2 Å². The van der Waals surface area contributed by atoms with Gasteiger partial charge >= 0.3 is 18.4 Å². The number of primary amides is 1. The Hall–Kier alpha value is -3.48. The number of rotatable bonds is 6. The van der Waals surface area contributed by atoms with E-state index in [4.69, 9.17) is 10.3 Å². The van der Waals surface area contributed by atoms with E-state index in [-0.39, 0.29) is 30.4 Å². The summed E-state index contributed by atoms with van der Waals surface area (Å²) in [5.41, 5.74) is 6.13. The molecule has 0 radical (unpaired) electrons. The van der Waals surface area contributed by atoms with Gasteiger partial charge in [0.15, 0.2) is 5.76 Å². The van der Waals surface area contributed by atoms with Crippen LogP contribution in [0.5, 0.6) is 5.75 Å². The number of aromatic nitrogens is 1. The highest BCUT2D eigenvalue weighted by Crippen LogP contribution is 2.30. The molecule has 0 bridgehead atoms. The van der Waals surface area contributed by atoms with Crippen LogP contribution in [0.1, 0.15) is 18.6 Å². The quantitative estimate of drug-likeness (QED) is 0.580. The minimum absolute atomic E-state index is 0.0352. The fraction of sp³-hybridized carbons (Fsp3) is 0.476. The van der Waals surface area contributed by atoms with Crippen LogP contribution in [0, 0.1) is 0 Å². The van der Waals surface area contributed by atoms with Gasteiger partial charge in [-0.1, -0.05) is 17.3 Å². The summed E-state index contributed by atoms with van der Waals surface area (Å²) in [4.78, 5) is 27.9. The number of halogens is 3. The zero-order valence-electron chi connectivity index (χ0n) is 18.2. The molecule has 4 amide bonds. The zero-order valence-corrected chi connectivity index (χ0v) is 18.2. The number of urea groups is 2. The lowest BCUT2D eigenvalue weighted by Crippen LogP contribution is -2.54. The third kappa shape index (κ3) is 6.10. The van der Waals surface area contributed by atoms with E-state index >= 15 is 0 Å². The number of hydrogen-bond donors (Lipinski definition) is 3. The van der Waals surface area contributed by atoms with Gasteiger partial charge in [0.05, 0.1) is 12.6 Å². The number of carbonyl (C=O) groups is 2. The Morgan fingerprint density at radius 2 is 2.09 bits per heavy atom. The van der Waals surface area contributed by atoms with Gasteiger partial charge in [-0.25, -0.2) is 9.59 Å².